The van der Waals surface area contributed by atoms with E-state index in [1.807, 2.05) is 6.07 Å². The summed E-state index contributed by atoms with van der Waals surface area (Å²) < 4.78 is 11.1. The molecule has 4 nitrogen and oxygen atoms in total. The molecule has 0 bridgehead atoms. The Labute approximate surface area is 122 Å². The van der Waals surface area contributed by atoms with Gasteiger partial charge < -0.3 is 14.6 Å². The molecule has 1 N–H and O–H groups in total. The van der Waals surface area contributed by atoms with E-state index in [9.17, 15) is 4.79 Å². The Balaban J connectivity index is 1.74. The highest BCUT2D eigenvalue weighted by Gasteiger charge is 2.43. The maximum atomic E-state index is 10.9. The van der Waals surface area contributed by atoms with Gasteiger partial charge in [0.2, 0.25) is 0 Å². The molecule has 3 atom stereocenters. The van der Waals surface area contributed by atoms with Gasteiger partial charge in [-0.1, -0.05) is 18.5 Å². The number of carbonyl (C=O) groups is 1. The Morgan fingerprint density at radius 2 is 2.05 bits per heavy atom. The minimum Gasteiger partial charge on any atom is -0.486 e. The smallest absolute Gasteiger partial charge is 0.306 e. The Kier molecular flexibility index (Phi) is 3.50. The molecule has 1 saturated carbocycles. The van der Waals surface area contributed by atoms with Crippen LogP contribution in [0.3, 0.4) is 0 Å². The van der Waals surface area contributed by atoms with Gasteiger partial charge in [-0.2, -0.15) is 0 Å². The highest BCUT2D eigenvalue weighted by molar-refractivity contribution is 6.31. The molecule has 0 saturated heterocycles. The number of halogens is 1. The van der Waals surface area contributed by atoms with E-state index in [0.29, 0.717) is 24.0 Å². The molecule has 0 aromatic heterocycles. The number of aliphatic carboxylic acids is 1. The quantitative estimate of drug-likeness (QED) is 0.926. The fourth-order valence-electron chi connectivity index (χ4n) is 2.85. The van der Waals surface area contributed by atoms with Gasteiger partial charge in [0.15, 0.2) is 11.5 Å². The molecule has 0 amide bonds. The second-order valence-corrected chi connectivity index (χ2v) is 6.00. The molecule has 2 aliphatic rings. The lowest BCUT2D eigenvalue weighted by Gasteiger charge is -2.22. The van der Waals surface area contributed by atoms with Gasteiger partial charge in [-0.15, -0.1) is 0 Å². The monoisotopic (exact) mass is 296 g/mol. The molecule has 1 aromatic carbocycles. The first kappa shape index (κ1) is 13.6. The lowest BCUT2D eigenvalue weighted by molar-refractivity contribution is -0.138. The molecule has 5 heteroatoms. The zero-order valence-corrected chi connectivity index (χ0v) is 12.0. The highest BCUT2D eigenvalue weighted by Crippen LogP contribution is 2.47. The molecule has 20 heavy (non-hydrogen) atoms. The predicted molar refractivity (Wildman–Crippen MR) is 74.7 cm³/mol. The first-order chi connectivity index (χ1) is 9.56. The van der Waals surface area contributed by atoms with E-state index in [1.54, 1.807) is 6.07 Å². The van der Waals surface area contributed by atoms with E-state index >= 15 is 0 Å². The standard InChI is InChI=1S/C15H17ClO4/c1-8(4-9-5-11(9)15(17)18)10-6-13-14(7-12(10)16)20-3-2-19-13/h6-9,11H,2-5H2,1H3,(H,17,18). The van der Waals surface area contributed by atoms with Crippen molar-refractivity contribution in [2.24, 2.45) is 11.8 Å². The van der Waals surface area contributed by atoms with E-state index in [-0.39, 0.29) is 17.8 Å². The van der Waals surface area contributed by atoms with Gasteiger partial charge in [-0.05, 0) is 36.3 Å². The van der Waals surface area contributed by atoms with Crippen molar-refractivity contribution in [2.45, 2.75) is 25.7 Å². The first-order valence-corrected chi connectivity index (χ1v) is 7.26. The van der Waals surface area contributed by atoms with E-state index < -0.39 is 5.97 Å². The summed E-state index contributed by atoms with van der Waals surface area (Å²) in [5.74, 6) is 1.04. The van der Waals surface area contributed by atoms with Gasteiger partial charge in [0.1, 0.15) is 13.2 Å². The van der Waals surface area contributed by atoms with Crippen molar-refractivity contribution in [3.8, 4) is 11.5 Å². The van der Waals surface area contributed by atoms with Crippen LogP contribution in [0.25, 0.3) is 0 Å². The summed E-state index contributed by atoms with van der Waals surface area (Å²) in [5.41, 5.74) is 1.01. The average Bonchev–Trinajstić information content (AvgIpc) is 3.17. The molecule has 0 spiro atoms. The van der Waals surface area contributed by atoms with Gasteiger partial charge in [0.05, 0.1) is 5.92 Å². The molecular formula is C15H17ClO4. The van der Waals surface area contributed by atoms with Crippen LogP contribution in [0, 0.1) is 11.8 Å². The molecule has 1 heterocycles. The summed E-state index contributed by atoms with van der Waals surface area (Å²) in [6.07, 6.45) is 1.62. The summed E-state index contributed by atoms with van der Waals surface area (Å²) in [7, 11) is 0. The van der Waals surface area contributed by atoms with Crippen LogP contribution in [-0.4, -0.2) is 24.3 Å². The third-order valence-corrected chi connectivity index (χ3v) is 4.42. The number of fused-ring (bicyclic) bond motifs is 1. The van der Waals surface area contributed by atoms with Crippen molar-refractivity contribution < 1.29 is 19.4 Å². The molecule has 3 rings (SSSR count). The third-order valence-electron chi connectivity index (χ3n) is 4.09. The molecule has 1 aliphatic carbocycles. The lowest BCUT2D eigenvalue weighted by atomic mass is 9.94. The third kappa shape index (κ3) is 2.57. The topological polar surface area (TPSA) is 55.8 Å². The summed E-state index contributed by atoms with van der Waals surface area (Å²) in [4.78, 5) is 10.9. The molecular weight excluding hydrogens is 280 g/mol. The number of hydrogen-bond acceptors (Lipinski definition) is 3. The Bertz CT molecular complexity index is 543. The number of carboxylic acid groups (broad SMARTS) is 1. The zero-order chi connectivity index (χ0) is 14.3. The average molecular weight is 297 g/mol. The van der Waals surface area contributed by atoms with Gasteiger partial charge in [-0.3, -0.25) is 4.79 Å². The number of ether oxygens (including phenoxy) is 2. The van der Waals surface area contributed by atoms with E-state index in [2.05, 4.69) is 6.92 Å². The minimum atomic E-state index is -0.685. The predicted octanol–water partition coefficient (Wildman–Crippen LogP) is 3.33. The van der Waals surface area contributed by atoms with Crippen molar-refractivity contribution in [3.63, 3.8) is 0 Å². The molecule has 1 fully saturated rings. The van der Waals surface area contributed by atoms with Gasteiger partial charge >= 0.3 is 5.97 Å². The van der Waals surface area contributed by atoms with Crippen LogP contribution in [-0.2, 0) is 4.79 Å². The maximum Gasteiger partial charge on any atom is 0.306 e. The molecule has 0 radical (unpaired) electrons. The molecule has 1 aromatic rings. The zero-order valence-electron chi connectivity index (χ0n) is 11.3. The van der Waals surface area contributed by atoms with Gasteiger partial charge in [0, 0.05) is 11.1 Å². The van der Waals surface area contributed by atoms with Gasteiger partial charge in [-0.25, -0.2) is 0 Å². The van der Waals surface area contributed by atoms with Crippen molar-refractivity contribution in [2.75, 3.05) is 13.2 Å². The van der Waals surface area contributed by atoms with Crippen LogP contribution in [0.1, 0.15) is 31.2 Å². The fourth-order valence-corrected chi connectivity index (χ4v) is 3.19. The first-order valence-electron chi connectivity index (χ1n) is 6.88. The van der Waals surface area contributed by atoms with E-state index in [4.69, 9.17) is 26.2 Å². The van der Waals surface area contributed by atoms with Crippen LogP contribution in [0.15, 0.2) is 12.1 Å². The van der Waals surface area contributed by atoms with Crippen LogP contribution in [0.5, 0.6) is 11.5 Å². The largest absolute Gasteiger partial charge is 0.486 e. The van der Waals surface area contributed by atoms with Crippen molar-refractivity contribution in [1.29, 1.82) is 0 Å². The fraction of sp³-hybridized carbons (Fsp3) is 0.533. The number of hydrogen-bond donors (Lipinski definition) is 1. The highest BCUT2D eigenvalue weighted by atomic mass is 35.5. The Hall–Kier alpha value is -1.42. The summed E-state index contributed by atoms with van der Waals surface area (Å²) in [6, 6.07) is 3.73. The van der Waals surface area contributed by atoms with E-state index in [0.717, 1.165) is 24.2 Å². The molecule has 1 aliphatic heterocycles. The Morgan fingerprint density at radius 3 is 2.65 bits per heavy atom. The van der Waals surface area contributed by atoms with Crippen molar-refractivity contribution >= 4 is 17.6 Å². The maximum absolute atomic E-state index is 10.9. The Morgan fingerprint density at radius 1 is 1.40 bits per heavy atom. The SMILES string of the molecule is CC(CC1CC1C(=O)O)c1cc2c(cc1Cl)OCCO2. The van der Waals surface area contributed by atoms with Crippen LogP contribution in [0.4, 0.5) is 0 Å². The van der Waals surface area contributed by atoms with Crippen molar-refractivity contribution in [1.82, 2.24) is 0 Å². The van der Waals surface area contributed by atoms with Crippen molar-refractivity contribution in [3.05, 3.63) is 22.7 Å². The second kappa shape index (κ2) is 5.17. The van der Waals surface area contributed by atoms with E-state index in [1.165, 1.54) is 0 Å². The summed E-state index contributed by atoms with van der Waals surface area (Å²) >= 11 is 6.31. The normalized spacial score (nSPS) is 25.1. The van der Waals surface area contributed by atoms with Gasteiger partial charge in [0.25, 0.3) is 0 Å². The van der Waals surface area contributed by atoms with Crippen LogP contribution < -0.4 is 9.47 Å². The van der Waals surface area contributed by atoms with Crippen LogP contribution in [0.2, 0.25) is 5.02 Å². The minimum absolute atomic E-state index is 0.173. The lowest BCUT2D eigenvalue weighted by Crippen LogP contribution is -2.15. The number of carboxylic acids is 1. The van der Waals surface area contributed by atoms with Crippen LogP contribution >= 0.6 is 11.6 Å². The number of rotatable bonds is 4. The molecule has 3 unspecified atom stereocenters. The number of benzene rings is 1. The second-order valence-electron chi connectivity index (χ2n) is 5.59. The summed E-state index contributed by atoms with van der Waals surface area (Å²) in [5, 5.41) is 9.62. The molecule has 108 valence electrons. The summed E-state index contributed by atoms with van der Waals surface area (Å²) in [6.45, 7) is 3.17.